The second-order valence-corrected chi connectivity index (χ2v) is 7.34. The van der Waals surface area contributed by atoms with Crippen LogP contribution < -0.4 is 15.5 Å². The number of para-hydroxylation sites is 1. The first-order valence-corrected chi connectivity index (χ1v) is 9.72. The first-order valence-electron chi connectivity index (χ1n) is 9.72. The first-order chi connectivity index (χ1) is 14.5. The van der Waals surface area contributed by atoms with Gasteiger partial charge in [0.2, 0.25) is 11.9 Å². The average Bonchev–Trinajstić information content (AvgIpc) is 3.12. The monoisotopic (exact) mass is 400 g/mol. The SMILES string of the molecule is Cc1cc(N(C)C)nc(Nc2ccc(NC(=O)Cn3ccc4ccccc43)cc2)n1. The highest BCUT2D eigenvalue weighted by Crippen LogP contribution is 2.20. The summed E-state index contributed by atoms with van der Waals surface area (Å²) in [6.45, 7) is 2.20. The Hall–Kier alpha value is -3.87. The molecular formula is C23H24N6O. The smallest absolute Gasteiger partial charge is 0.244 e. The molecule has 152 valence electrons. The Kier molecular flexibility index (Phi) is 5.34. The fourth-order valence-corrected chi connectivity index (χ4v) is 3.24. The summed E-state index contributed by atoms with van der Waals surface area (Å²) in [6, 6.07) is 19.5. The van der Waals surface area contributed by atoms with Crippen molar-refractivity contribution in [3.8, 4) is 0 Å². The minimum absolute atomic E-state index is 0.0743. The summed E-state index contributed by atoms with van der Waals surface area (Å²) in [6.07, 6.45) is 1.93. The summed E-state index contributed by atoms with van der Waals surface area (Å²) in [4.78, 5) is 23.3. The predicted octanol–water partition coefficient (Wildman–Crippen LogP) is 4.19. The minimum Gasteiger partial charge on any atom is -0.363 e. The zero-order valence-corrected chi connectivity index (χ0v) is 17.3. The van der Waals surface area contributed by atoms with Crippen LogP contribution in [0.3, 0.4) is 0 Å². The molecule has 4 rings (SSSR count). The predicted molar refractivity (Wildman–Crippen MR) is 121 cm³/mol. The van der Waals surface area contributed by atoms with Crippen molar-refractivity contribution in [2.75, 3.05) is 29.6 Å². The van der Waals surface area contributed by atoms with E-state index < -0.39 is 0 Å². The molecule has 0 saturated carbocycles. The van der Waals surface area contributed by atoms with E-state index >= 15 is 0 Å². The number of benzene rings is 2. The van der Waals surface area contributed by atoms with Crippen molar-refractivity contribution in [1.82, 2.24) is 14.5 Å². The van der Waals surface area contributed by atoms with Gasteiger partial charge >= 0.3 is 0 Å². The lowest BCUT2D eigenvalue weighted by Gasteiger charge is -2.14. The Bertz CT molecular complexity index is 1180. The molecule has 7 nitrogen and oxygen atoms in total. The molecule has 7 heteroatoms. The number of aromatic nitrogens is 3. The van der Waals surface area contributed by atoms with Crippen molar-refractivity contribution >= 4 is 40.0 Å². The van der Waals surface area contributed by atoms with Crippen LogP contribution in [0.1, 0.15) is 5.69 Å². The lowest BCUT2D eigenvalue weighted by atomic mass is 10.2. The van der Waals surface area contributed by atoms with Crippen molar-refractivity contribution in [2.45, 2.75) is 13.5 Å². The van der Waals surface area contributed by atoms with Gasteiger partial charge in [0, 0.05) is 48.9 Å². The van der Waals surface area contributed by atoms with Crippen molar-refractivity contribution in [3.05, 3.63) is 72.6 Å². The minimum atomic E-state index is -0.0743. The molecule has 30 heavy (non-hydrogen) atoms. The second kappa shape index (κ2) is 8.24. The molecule has 2 N–H and O–H groups in total. The Morgan fingerprint density at radius 3 is 2.50 bits per heavy atom. The number of carbonyl (C=O) groups is 1. The maximum absolute atomic E-state index is 12.5. The molecule has 0 aliphatic carbocycles. The summed E-state index contributed by atoms with van der Waals surface area (Å²) in [5.41, 5.74) is 3.51. The van der Waals surface area contributed by atoms with Gasteiger partial charge in [-0.2, -0.15) is 4.98 Å². The standard InChI is InChI=1S/C23H24N6O/c1-16-14-21(28(2)3)27-23(24-16)26-19-10-8-18(9-11-19)25-22(30)15-29-13-12-17-6-4-5-7-20(17)29/h4-14H,15H2,1-3H3,(H,25,30)(H,24,26,27). The fraction of sp³-hybridized carbons (Fsp3) is 0.174. The summed E-state index contributed by atoms with van der Waals surface area (Å²) >= 11 is 0. The maximum atomic E-state index is 12.5. The molecule has 4 aromatic rings. The van der Waals surface area contributed by atoms with Crippen LogP contribution in [0.4, 0.5) is 23.1 Å². The number of hydrogen-bond acceptors (Lipinski definition) is 5. The molecule has 0 saturated heterocycles. The molecule has 2 aromatic heterocycles. The van der Waals surface area contributed by atoms with Crippen LogP contribution in [0.2, 0.25) is 0 Å². The van der Waals surface area contributed by atoms with E-state index in [1.165, 1.54) is 0 Å². The molecule has 0 aliphatic rings. The van der Waals surface area contributed by atoms with E-state index in [0.29, 0.717) is 5.95 Å². The average molecular weight is 400 g/mol. The zero-order chi connectivity index (χ0) is 21.1. The van der Waals surface area contributed by atoms with Gasteiger partial charge in [0.05, 0.1) is 0 Å². The third-order valence-corrected chi connectivity index (χ3v) is 4.72. The molecule has 0 fully saturated rings. The summed E-state index contributed by atoms with van der Waals surface area (Å²) in [7, 11) is 3.89. The van der Waals surface area contributed by atoms with Gasteiger partial charge in [0.25, 0.3) is 0 Å². The molecule has 0 unspecified atom stereocenters. The topological polar surface area (TPSA) is 75.1 Å². The van der Waals surface area contributed by atoms with Gasteiger partial charge in [-0.25, -0.2) is 4.98 Å². The van der Waals surface area contributed by atoms with Gasteiger partial charge in [-0.3, -0.25) is 4.79 Å². The van der Waals surface area contributed by atoms with Gasteiger partial charge in [-0.1, -0.05) is 18.2 Å². The van der Waals surface area contributed by atoms with E-state index in [1.807, 2.05) is 97.3 Å². The van der Waals surface area contributed by atoms with Gasteiger partial charge in [-0.15, -0.1) is 0 Å². The van der Waals surface area contributed by atoms with Crippen LogP contribution in [0.5, 0.6) is 0 Å². The Labute approximate surface area is 175 Å². The number of carbonyl (C=O) groups excluding carboxylic acids is 1. The lowest BCUT2D eigenvalue weighted by Crippen LogP contribution is -2.18. The molecule has 0 aliphatic heterocycles. The lowest BCUT2D eigenvalue weighted by molar-refractivity contribution is -0.116. The van der Waals surface area contributed by atoms with Crippen LogP contribution in [0, 0.1) is 6.92 Å². The van der Waals surface area contributed by atoms with Crippen LogP contribution in [0.25, 0.3) is 10.9 Å². The highest BCUT2D eigenvalue weighted by Gasteiger charge is 2.08. The van der Waals surface area contributed by atoms with Crippen LogP contribution in [-0.2, 0) is 11.3 Å². The largest absolute Gasteiger partial charge is 0.363 e. The third-order valence-electron chi connectivity index (χ3n) is 4.72. The van der Waals surface area contributed by atoms with Gasteiger partial charge in [0.1, 0.15) is 12.4 Å². The number of anilines is 4. The van der Waals surface area contributed by atoms with Crippen LogP contribution >= 0.6 is 0 Å². The van der Waals surface area contributed by atoms with E-state index in [1.54, 1.807) is 0 Å². The highest BCUT2D eigenvalue weighted by atomic mass is 16.1. The van der Waals surface area contributed by atoms with Crippen molar-refractivity contribution in [2.24, 2.45) is 0 Å². The van der Waals surface area contributed by atoms with E-state index in [9.17, 15) is 4.79 Å². The number of nitrogens with one attached hydrogen (secondary N) is 2. The molecule has 0 spiro atoms. The van der Waals surface area contributed by atoms with Gasteiger partial charge in [0.15, 0.2) is 0 Å². The Morgan fingerprint density at radius 2 is 1.73 bits per heavy atom. The zero-order valence-electron chi connectivity index (χ0n) is 17.3. The normalized spacial score (nSPS) is 10.8. The molecule has 2 heterocycles. The number of fused-ring (bicyclic) bond motifs is 1. The quantitative estimate of drug-likeness (QED) is 0.508. The third kappa shape index (κ3) is 4.41. The van der Waals surface area contributed by atoms with E-state index in [0.717, 1.165) is 33.8 Å². The number of nitrogens with zero attached hydrogens (tertiary/aromatic N) is 4. The number of hydrogen-bond donors (Lipinski definition) is 2. The van der Waals surface area contributed by atoms with E-state index in [4.69, 9.17) is 0 Å². The molecule has 2 aromatic carbocycles. The number of aryl methyl sites for hydroxylation is 1. The summed E-state index contributed by atoms with van der Waals surface area (Å²) < 4.78 is 1.94. The summed E-state index contributed by atoms with van der Waals surface area (Å²) in [5, 5.41) is 7.28. The maximum Gasteiger partial charge on any atom is 0.244 e. The molecule has 0 radical (unpaired) electrons. The first kappa shape index (κ1) is 19.4. The molecule has 1 amide bonds. The second-order valence-electron chi connectivity index (χ2n) is 7.34. The Balaban J connectivity index is 1.40. The highest BCUT2D eigenvalue weighted by molar-refractivity contribution is 5.92. The molecule has 0 bridgehead atoms. The van der Waals surface area contributed by atoms with Crippen LogP contribution in [-0.4, -0.2) is 34.5 Å². The van der Waals surface area contributed by atoms with Gasteiger partial charge < -0.3 is 20.1 Å². The number of rotatable bonds is 6. The Morgan fingerprint density at radius 1 is 1.00 bits per heavy atom. The van der Waals surface area contributed by atoms with Gasteiger partial charge in [-0.05, 0) is 48.7 Å². The van der Waals surface area contributed by atoms with Crippen molar-refractivity contribution < 1.29 is 4.79 Å². The summed E-state index contributed by atoms with van der Waals surface area (Å²) in [5.74, 6) is 1.30. The fourth-order valence-electron chi connectivity index (χ4n) is 3.24. The van der Waals surface area contributed by atoms with Crippen LogP contribution in [0.15, 0.2) is 66.9 Å². The van der Waals surface area contributed by atoms with Crippen molar-refractivity contribution in [1.29, 1.82) is 0 Å². The number of amides is 1. The van der Waals surface area contributed by atoms with E-state index in [2.05, 4.69) is 20.6 Å². The van der Waals surface area contributed by atoms with E-state index in [-0.39, 0.29) is 12.5 Å². The molecular weight excluding hydrogens is 376 g/mol. The van der Waals surface area contributed by atoms with Crippen molar-refractivity contribution in [3.63, 3.8) is 0 Å². The molecule has 0 atom stereocenters.